The molecule has 0 aliphatic rings. The van der Waals surface area contributed by atoms with Crippen molar-refractivity contribution in [3.63, 3.8) is 0 Å². The lowest BCUT2D eigenvalue weighted by Gasteiger charge is -2.09. The molecule has 0 aromatic carbocycles. The third kappa shape index (κ3) is 7.38. The molecule has 0 aromatic rings. The maximum atomic E-state index is 8.57. The maximum Gasteiger partial charge on any atom is 0.0445 e. The zero-order chi connectivity index (χ0) is 8.53. The fraction of sp³-hybridized carbons (Fsp3) is 0.778. The van der Waals surface area contributed by atoms with Crippen molar-refractivity contribution in [2.24, 2.45) is 0 Å². The molecule has 11 heavy (non-hydrogen) atoms. The van der Waals surface area contributed by atoms with E-state index in [4.69, 9.17) is 5.11 Å². The lowest BCUT2D eigenvalue weighted by atomic mass is 10.2. The number of aliphatic hydroxyl groups excluding tert-OH is 1. The van der Waals surface area contributed by atoms with Crippen molar-refractivity contribution in [1.82, 2.24) is 5.32 Å². The molecule has 1 unspecified atom stereocenters. The van der Waals surface area contributed by atoms with Crippen LogP contribution in [0.25, 0.3) is 0 Å². The highest BCUT2D eigenvalue weighted by molar-refractivity contribution is 4.95. The van der Waals surface area contributed by atoms with Crippen molar-refractivity contribution in [2.75, 3.05) is 13.2 Å². The highest BCUT2D eigenvalue weighted by atomic mass is 16.3. The third-order valence-electron chi connectivity index (χ3n) is 1.48. The van der Waals surface area contributed by atoms with Crippen molar-refractivity contribution >= 4 is 0 Å². The Kier molecular flexibility index (Phi) is 7.23. The average Bonchev–Trinajstić information content (AvgIpc) is 1.99. The summed E-state index contributed by atoms with van der Waals surface area (Å²) in [4.78, 5) is 0. The summed E-state index contributed by atoms with van der Waals surface area (Å²) in [5.41, 5.74) is 0. The molecule has 0 saturated heterocycles. The van der Waals surface area contributed by atoms with Crippen LogP contribution in [0.2, 0.25) is 0 Å². The molecule has 0 spiro atoms. The molecule has 0 aromatic heterocycles. The Morgan fingerprint density at radius 1 is 1.55 bits per heavy atom. The zero-order valence-electron chi connectivity index (χ0n) is 7.35. The van der Waals surface area contributed by atoms with Gasteiger partial charge in [0.2, 0.25) is 0 Å². The predicted octanol–water partition coefficient (Wildman–Crippen LogP) is 0.760. The molecule has 0 amide bonds. The summed E-state index contributed by atoms with van der Waals surface area (Å²) >= 11 is 0. The zero-order valence-corrected chi connectivity index (χ0v) is 7.35. The lowest BCUT2D eigenvalue weighted by molar-refractivity contribution is 0.269. The fourth-order valence-corrected chi connectivity index (χ4v) is 0.802. The summed E-state index contributed by atoms with van der Waals surface area (Å²) in [5, 5.41) is 11.8. The van der Waals surface area contributed by atoms with Crippen LogP contribution in [0.4, 0.5) is 0 Å². The van der Waals surface area contributed by atoms with E-state index in [9.17, 15) is 0 Å². The van der Waals surface area contributed by atoms with Crippen molar-refractivity contribution in [1.29, 1.82) is 0 Å². The van der Waals surface area contributed by atoms with Gasteiger partial charge in [0, 0.05) is 25.6 Å². The Balaban J connectivity index is 3.14. The first kappa shape index (κ1) is 10.5. The minimum absolute atomic E-state index is 0.258. The molecule has 2 N–H and O–H groups in total. The second kappa shape index (κ2) is 7.59. The molecule has 0 heterocycles. The van der Waals surface area contributed by atoms with Gasteiger partial charge in [-0.3, -0.25) is 0 Å². The van der Waals surface area contributed by atoms with E-state index in [0.29, 0.717) is 6.04 Å². The van der Waals surface area contributed by atoms with Gasteiger partial charge in [-0.15, -0.1) is 11.8 Å². The summed E-state index contributed by atoms with van der Waals surface area (Å²) in [5.74, 6) is 5.80. The van der Waals surface area contributed by atoms with Crippen LogP contribution in [-0.4, -0.2) is 24.3 Å². The number of nitrogens with one attached hydrogen (secondary N) is 1. The first-order valence-electron chi connectivity index (χ1n) is 4.05. The predicted molar refractivity (Wildman–Crippen MR) is 47.2 cm³/mol. The van der Waals surface area contributed by atoms with Crippen LogP contribution in [0, 0.1) is 11.8 Å². The summed E-state index contributed by atoms with van der Waals surface area (Å²) in [6.45, 7) is 5.09. The summed E-state index contributed by atoms with van der Waals surface area (Å²) in [6, 6.07) is 0.402. The van der Waals surface area contributed by atoms with Crippen molar-refractivity contribution < 1.29 is 5.11 Å². The van der Waals surface area contributed by atoms with Crippen LogP contribution >= 0.6 is 0 Å². The third-order valence-corrected chi connectivity index (χ3v) is 1.48. The minimum atomic E-state index is 0.258. The average molecular weight is 155 g/mol. The molecular formula is C9H17NO. The first-order chi connectivity index (χ1) is 5.31. The fourth-order valence-electron chi connectivity index (χ4n) is 0.802. The van der Waals surface area contributed by atoms with Crippen LogP contribution in [0.1, 0.15) is 26.7 Å². The summed E-state index contributed by atoms with van der Waals surface area (Å²) in [6.07, 6.45) is 1.71. The van der Waals surface area contributed by atoms with Gasteiger partial charge >= 0.3 is 0 Å². The Hall–Kier alpha value is -0.520. The smallest absolute Gasteiger partial charge is 0.0445 e. The number of rotatable bonds is 5. The van der Waals surface area contributed by atoms with Gasteiger partial charge in [-0.1, -0.05) is 0 Å². The SMILES string of the molecule is CC#CCCNC(C)CCO. The maximum absolute atomic E-state index is 8.57. The van der Waals surface area contributed by atoms with Gasteiger partial charge in [-0.25, -0.2) is 0 Å². The van der Waals surface area contributed by atoms with E-state index in [0.717, 1.165) is 19.4 Å². The molecule has 0 fully saturated rings. The normalized spacial score (nSPS) is 11.9. The first-order valence-corrected chi connectivity index (χ1v) is 4.05. The quantitative estimate of drug-likeness (QED) is 0.454. The monoisotopic (exact) mass is 155 g/mol. The van der Waals surface area contributed by atoms with Crippen molar-refractivity contribution in [3.8, 4) is 11.8 Å². The van der Waals surface area contributed by atoms with E-state index < -0.39 is 0 Å². The topological polar surface area (TPSA) is 32.3 Å². The Labute approximate surface area is 69.0 Å². The summed E-state index contributed by atoms with van der Waals surface area (Å²) in [7, 11) is 0. The van der Waals surface area contributed by atoms with Crippen LogP contribution in [0.5, 0.6) is 0 Å². The molecular weight excluding hydrogens is 138 g/mol. The van der Waals surface area contributed by atoms with Crippen LogP contribution in [0.3, 0.4) is 0 Å². The molecule has 0 saturated carbocycles. The molecule has 0 bridgehead atoms. The van der Waals surface area contributed by atoms with Gasteiger partial charge in [0.05, 0.1) is 0 Å². The van der Waals surface area contributed by atoms with Crippen molar-refractivity contribution in [2.45, 2.75) is 32.7 Å². The van der Waals surface area contributed by atoms with Gasteiger partial charge in [0.1, 0.15) is 0 Å². The van der Waals surface area contributed by atoms with Crippen LogP contribution in [-0.2, 0) is 0 Å². The van der Waals surface area contributed by atoms with Crippen LogP contribution in [0.15, 0.2) is 0 Å². The molecule has 0 rings (SSSR count). The van der Waals surface area contributed by atoms with E-state index in [1.165, 1.54) is 0 Å². The molecule has 2 nitrogen and oxygen atoms in total. The van der Waals surface area contributed by atoms with Crippen LogP contribution < -0.4 is 5.32 Å². The Bertz CT molecular complexity index is 134. The molecule has 0 aliphatic carbocycles. The molecule has 1 atom stereocenters. The molecule has 0 aliphatic heterocycles. The highest BCUT2D eigenvalue weighted by Gasteiger charge is 1.96. The standard InChI is InChI=1S/C9H17NO/c1-3-4-5-7-10-9(2)6-8-11/h9-11H,5-8H2,1-2H3. The number of aliphatic hydroxyl groups is 1. The van der Waals surface area contributed by atoms with Gasteiger partial charge in [0.15, 0.2) is 0 Å². The van der Waals surface area contributed by atoms with Gasteiger partial charge < -0.3 is 10.4 Å². The number of hydrogen-bond acceptors (Lipinski definition) is 2. The second-order valence-corrected chi connectivity index (χ2v) is 2.54. The summed E-state index contributed by atoms with van der Waals surface area (Å²) < 4.78 is 0. The van der Waals surface area contributed by atoms with Gasteiger partial charge in [-0.2, -0.15) is 0 Å². The van der Waals surface area contributed by atoms with Crippen molar-refractivity contribution in [3.05, 3.63) is 0 Å². The largest absolute Gasteiger partial charge is 0.396 e. The second-order valence-electron chi connectivity index (χ2n) is 2.54. The highest BCUT2D eigenvalue weighted by Crippen LogP contribution is 1.87. The Morgan fingerprint density at radius 2 is 2.27 bits per heavy atom. The Morgan fingerprint density at radius 3 is 2.82 bits per heavy atom. The van der Waals surface area contributed by atoms with Gasteiger partial charge in [0.25, 0.3) is 0 Å². The van der Waals surface area contributed by atoms with E-state index in [-0.39, 0.29) is 6.61 Å². The van der Waals surface area contributed by atoms with E-state index >= 15 is 0 Å². The van der Waals surface area contributed by atoms with E-state index in [1.807, 2.05) is 6.92 Å². The lowest BCUT2D eigenvalue weighted by Crippen LogP contribution is -2.27. The molecule has 0 radical (unpaired) electrons. The van der Waals surface area contributed by atoms with Gasteiger partial charge in [-0.05, 0) is 20.3 Å². The number of hydrogen-bond donors (Lipinski definition) is 2. The van der Waals surface area contributed by atoms with E-state index in [2.05, 4.69) is 24.1 Å². The molecule has 2 heteroatoms. The van der Waals surface area contributed by atoms with E-state index in [1.54, 1.807) is 0 Å². The molecule has 64 valence electrons. The minimum Gasteiger partial charge on any atom is -0.396 e.